The maximum Gasteiger partial charge on any atom is 0.416 e. The molecule has 0 N–H and O–H groups in total. The van der Waals surface area contributed by atoms with Gasteiger partial charge in [-0.05, 0) is 36.2 Å². The molecule has 0 bridgehead atoms. The van der Waals surface area contributed by atoms with Gasteiger partial charge in [0.1, 0.15) is 0 Å². The SMILES string of the molecule is Cc1ccccc1N(C)C1CN(Cc2ccc(C(F)(F)F)cc2)C1. The van der Waals surface area contributed by atoms with E-state index in [1.807, 2.05) is 12.1 Å². The van der Waals surface area contributed by atoms with Crippen molar-refractivity contribution in [3.8, 4) is 0 Å². The number of benzene rings is 2. The van der Waals surface area contributed by atoms with Gasteiger partial charge in [0.2, 0.25) is 0 Å². The average molecular weight is 334 g/mol. The molecular formula is C19H21F3N2. The molecule has 0 saturated carbocycles. The van der Waals surface area contributed by atoms with E-state index in [0.29, 0.717) is 12.6 Å². The highest BCUT2D eigenvalue weighted by molar-refractivity contribution is 5.53. The van der Waals surface area contributed by atoms with E-state index in [0.717, 1.165) is 30.8 Å². The van der Waals surface area contributed by atoms with Crippen molar-refractivity contribution in [2.24, 2.45) is 0 Å². The van der Waals surface area contributed by atoms with E-state index >= 15 is 0 Å². The molecule has 2 aromatic rings. The summed E-state index contributed by atoms with van der Waals surface area (Å²) >= 11 is 0. The number of hydrogen-bond donors (Lipinski definition) is 0. The van der Waals surface area contributed by atoms with Gasteiger partial charge in [-0.25, -0.2) is 0 Å². The van der Waals surface area contributed by atoms with Gasteiger partial charge in [0.15, 0.2) is 0 Å². The number of halogens is 3. The normalized spacial score (nSPS) is 16.0. The first-order chi connectivity index (χ1) is 11.3. The van der Waals surface area contributed by atoms with E-state index in [1.54, 1.807) is 12.1 Å². The summed E-state index contributed by atoms with van der Waals surface area (Å²) in [6.07, 6.45) is -4.27. The van der Waals surface area contributed by atoms with Gasteiger partial charge in [-0.3, -0.25) is 4.90 Å². The van der Waals surface area contributed by atoms with E-state index in [-0.39, 0.29) is 0 Å². The molecular weight excluding hydrogens is 313 g/mol. The van der Waals surface area contributed by atoms with Crippen LogP contribution in [0.3, 0.4) is 0 Å². The van der Waals surface area contributed by atoms with Crippen molar-refractivity contribution in [2.75, 3.05) is 25.0 Å². The number of rotatable bonds is 4. The number of likely N-dealkylation sites (tertiary alicyclic amines) is 1. The van der Waals surface area contributed by atoms with Crippen molar-refractivity contribution in [2.45, 2.75) is 25.7 Å². The molecule has 1 saturated heterocycles. The molecule has 1 aliphatic rings. The summed E-state index contributed by atoms with van der Waals surface area (Å²) in [6, 6.07) is 14.2. The number of hydrogen-bond acceptors (Lipinski definition) is 2. The zero-order chi connectivity index (χ0) is 17.3. The Morgan fingerprint density at radius 2 is 1.67 bits per heavy atom. The molecule has 1 aliphatic heterocycles. The van der Waals surface area contributed by atoms with Crippen LogP contribution in [-0.2, 0) is 12.7 Å². The lowest BCUT2D eigenvalue weighted by Crippen LogP contribution is -2.58. The van der Waals surface area contributed by atoms with Crippen LogP contribution in [0.25, 0.3) is 0 Å². The first-order valence-corrected chi connectivity index (χ1v) is 8.01. The number of aryl methyl sites for hydroxylation is 1. The van der Waals surface area contributed by atoms with E-state index in [4.69, 9.17) is 0 Å². The topological polar surface area (TPSA) is 6.48 Å². The van der Waals surface area contributed by atoms with Crippen molar-refractivity contribution >= 4 is 5.69 Å². The Morgan fingerprint density at radius 1 is 1.04 bits per heavy atom. The third kappa shape index (κ3) is 3.56. The van der Waals surface area contributed by atoms with Gasteiger partial charge in [-0.2, -0.15) is 13.2 Å². The highest BCUT2D eigenvalue weighted by Crippen LogP contribution is 2.30. The van der Waals surface area contributed by atoms with Crippen LogP contribution in [0.5, 0.6) is 0 Å². The third-order valence-corrected chi connectivity index (χ3v) is 4.67. The quantitative estimate of drug-likeness (QED) is 0.821. The number of likely N-dealkylation sites (N-methyl/N-ethyl adjacent to an activating group) is 1. The summed E-state index contributed by atoms with van der Waals surface area (Å²) in [7, 11) is 2.10. The van der Waals surface area contributed by atoms with Crippen LogP contribution in [0, 0.1) is 6.92 Å². The second-order valence-corrected chi connectivity index (χ2v) is 6.44. The fourth-order valence-electron chi connectivity index (χ4n) is 3.13. The van der Waals surface area contributed by atoms with Crippen LogP contribution in [0.1, 0.15) is 16.7 Å². The van der Waals surface area contributed by atoms with Gasteiger partial charge in [-0.1, -0.05) is 30.3 Å². The van der Waals surface area contributed by atoms with Crippen molar-refractivity contribution < 1.29 is 13.2 Å². The van der Waals surface area contributed by atoms with E-state index in [9.17, 15) is 13.2 Å². The second kappa shape index (κ2) is 6.48. The van der Waals surface area contributed by atoms with Crippen molar-refractivity contribution in [1.29, 1.82) is 0 Å². The predicted octanol–water partition coefficient (Wildman–Crippen LogP) is 4.33. The predicted molar refractivity (Wildman–Crippen MR) is 90.1 cm³/mol. The van der Waals surface area contributed by atoms with Gasteiger partial charge >= 0.3 is 6.18 Å². The zero-order valence-electron chi connectivity index (χ0n) is 13.8. The smallest absolute Gasteiger partial charge is 0.369 e. The Labute approximate surface area is 140 Å². The molecule has 0 spiro atoms. The second-order valence-electron chi connectivity index (χ2n) is 6.44. The van der Waals surface area contributed by atoms with Crippen LogP contribution in [0.4, 0.5) is 18.9 Å². The van der Waals surface area contributed by atoms with Gasteiger partial charge in [-0.15, -0.1) is 0 Å². The summed E-state index contributed by atoms with van der Waals surface area (Å²) < 4.78 is 37.7. The highest BCUT2D eigenvalue weighted by atomic mass is 19.4. The van der Waals surface area contributed by atoms with Crippen LogP contribution >= 0.6 is 0 Å². The Bertz CT molecular complexity index is 689. The molecule has 0 radical (unpaired) electrons. The molecule has 0 atom stereocenters. The van der Waals surface area contributed by atoms with Gasteiger partial charge < -0.3 is 4.90 Å². The fourth-order valence-corrected chi connectivity index (χ4v) is 3.13. The third-order valence-electron chi connectivity index (χ3n) is 4.67. The maximum absolute atomic E-state index is 12.6. The lowest BCUT2D eigenvalue weighted by Gasteiger charge is -2.45. The minimum Gasteiger partial charge on any atom is -0.369 e. The van der Waals surface area contributed by atoms with E-state index in [1.165, 1.54) is 11.3 Å². The van der Waals surface area contributed by atoms with Gasteiger partial charge in [0, 0.05) is 32.4 Å². The van der Waals surface area contributed by atoms with E-state index < -0.39 is 11.7 Å². The number of para-hydroxylation sites is 1. The molecule has 0 unspecified atom stereocenters. The molecule has 24 heavy (non-hydrogen) atoms. The first kappa shape index (κ1) is 16.8. The number of anilines is 1. The summed E-state index contributed by atoms with van der Waals surface area (Å²) in [5.74, 6) is 0. The largest absolute Gasteiger partial charge is 0.416 e. The fraction of sp³-hybridized carbons (Fsp3) is 0.368. The molecule has 0 aliphatic carbocycles. The van der Waals surface area contributed by atoms with Crippen LogP contribution < -0.4 is 4.90 Å². The van der Waals surface area contributed by atoms with Crippen LogP contribution in [0.15, 0.2) is 48.5 Å². The average Bonchev–Trinajstić information content (AvgIpc) is 2.50. The molecule has 128 valence electrons. The molecule has 0 amide bonds. The number of alkyl halides is 3. The Hall–Kier alpha value is -2.01. The molecule has 2 aromatic carbocycles. The Kier molecular flexibility index (Phi) is 4.54. The van der Waals surface area contributed by atoms with Crippen LogP contribution in [-0.4, -0.2) is 31.1 Å². The molecule has 0 aromatic heterocycles. The minimum atomic E-state index is -4.27. The molecule has 1 fully saturated rings. The number of nitrogens with zero attached hydrogens (tertiary/aromatic N) is 2. The summed E-state index contributed by atoms with van der Waals surface area (Å²) in [5, 5.41) is 0. The maximum atomic E-state index is 12.6. The molecule has 1 heterocycles. The molecule has 3 rings (SSSR count). The Morgan fingerprint density at radius 3 is 2.25 bits per heavy atom. The van der Waals surface area contributed by atoms with Crippen LogP contribution in [0.2, 0.25) is 0 Å². The first-order valence-electron chi connectivity index (χ1n) is 8.01. The van der Waals surface area contributed by atoms with Gasteiger partial charge in [0.25, 0.3) is 0 Å². The zero-order valence-corrected chi connectivity index (χ0v) is 13.8. The monoisotopic (exact) mass is 334 g/mol. The van der Waals surface area contributed by atoms with Crippen molar-refractivity contribution in [3.05, 3.63) is 65.2 Å². The molecule has 2 nitrogen and oxygen atoms in total. The minimum absolute atomic E-state index is 0.445. The van der Waals surface area contributed by atoms with Gasteiger partial charge in [0.05, 0.1) is 11.6 Å². The Balaban J connectivity index is 1.55. The highest BCUT2D eigenvalue weighted by Gasteiger charge is 2.32. The summed E-state index contributed by atoms with van der Waals surface area (Å²) in [5.41, 5.74) is 2.81. The molecule has 5 heteroatoms. The lowest BCUT2D eigenvalue weighted by molar-refractivity contribution is -0.137. The lowest BCUT2D eigenvalue weighted by atomic mass is 10.0. The van der Waals surface area contributed by atoms with Crippen molar-refractivity contribution in [3.63, 3.8) is 0 Å². The van der Waals surface area contributed by atoms with E-state index in [2.05, 4.69) is 35.9 Å². The summed E-state index contributed by atoms with van der Waals surface area (Å²) in [6.45, 7) is 4.64. The standard InChI is InChI=1S/C19H21F3N2/c1-14-5-3-4-6-18(14)23(2)17-12-24(13-17)11-15-7-9-16(10-8-15)19(20,21)22/h3-10,17H,11-13H2,1-2H3. The van der Waals surface area contributed by atoms with Crippen molar-refractivity contribution in [1.82, 2.24) is 4.90 Å². The summed E-state index contributed by atoms with van der Waals surface area (Å²) in [4.78, 5) is 4.54.